The predicted octanol–water partition coefficient (Wildman–Crippen LogP) is 6.08. The molecule has 0 unspecified atom stereocenters. The van der Waals surface area contributed by atoms with Crippen LogP contribution in [0, 0.1) is 0 Å². The molecule has 0 atom stereocenters. The van der Waals surface area contributed by atoms with E-state index in [1.54, 1.807) is 13.2 Å². The summed E-state index contributed by atoms with van der Waals surface area (Å²) in [6.07, 6.45) is 7.24. The number of methoxy groups -OCH3 is 1. The van der Waals surface area contributed by atoms with Gasteiger partial charge in [-0.15, -0.1) is 0 Å². The van der Waals surface area contributed by atoms with Crippen molar-refractivity contribution in [1.29, 1.82) is 0 Å². The summed E-state index contributed by atoms with van der Waals surface area (Å²) in [5.74, 6) is 2.87. The monoisotopic (exact) mass is 599 g/mol. The minimum Gasteiger partial charge on any atom is -0.494 e. The quantitative estimate of drug-likeness (QED) is 0.201. The number of ether oxygens (including phenoxy) is 1. The normalized spacial score (nSPS) is 13.0. The maximum atomic E-state index is 12.8. The van der Waals surface area contributed by atoms with Crippen molar-refractivity contribution in [2.75, 3.05) is 62.6 Å². The van der Waals surface area contributed by atoms with E-state index in [9.17, 15) is 4.79 Å². The van der Waals surface area contributed by atoms with Crippen molar-refractivity contribution in [3.63, 3.8) is 0 Å². The van der Waals surface area contributed by atoms with Crippen LogP contribution in [0.4, 0.5) is 23.0 Å². The summed E-state index contributed by atoms with van der Waals surface area (Å²) >= 11 is 1.92. The fourth-order valence-corrected chi connectivity index (χ4v) is 6.27. The molecule has 9 nitrogen and oxygen atoms in total. The van der Waals surface area contributed by atoms with Crippen LogP contribution in [0.25, 0.3) is 22.2 Å². The molecule has 10 heteroatoms. The molecule has 2 aromatic heterocycles. The van der Waals surface area contributed by atoms with Crippen molar-refractivity contribution in [2.45, 2.75) is 25.5 Å². The lowest BCUT2D eigenvalue weighted by Gasteiger charge is -2.26. The number of anilines is 4. The molecule has 2 aromatic carbocycles. The molecule has 0 fully saturated rings. The minimum absolute atomic E-state index is 0.180. The van der Waals surface area contributed by atoms with Crippen LogP contribution in [0.15, 0.2) is 54.7 Å². The fraction of sp³-hybridized carbons (Fsp3) is 0.364. The van der Waals surface area contributed by atoms with E-state index in [0.717, 1.165) is 65.6 Å². The van der Waals surface area contributed by atoms with E-state index in [-0.39, 0.29) is 5.91 Å². The number of hydrogen-bond acceptors (Lipinski definition) is 8. The van der Waals surface area contributed by atoms with Crippen LogP contribution in [0.2, 0.25) is 0 Å². The van der Waals surface area contributed by atoms with Crippen LogP contribution in [-0.2, 0) is 24.0 Å². The number of amides is 1. The number of carbonyl (C=O) groups is 1. The van der Waals surface area contributed by atoms with Gasteiger partial charge in [0, 0.05) is 67.2 Å². The van der Waals surface area contributed by atoms with E-state index in [2.05, 4.69) is 62.5 Å². The first-order valence-corrected chi connectivity index (χ1v) is 15.8. The molecule has 0 spiro atoms. The molecular weight excluding hydrogens is 558 g/mol. The lowest BCUT2D eigenvalue weighted by molar-refractivity contribution is -0.111. The summed E-state index contributed by atoms with van der Waals surface area (Å²) < 4.78 is 8.01. The number of hydrogen-bond donors (Lipinski definition) is 2. The first kappa shape index (κ1) is 30.4. The van der Waals surface area contributed by atoms with Crippen LogP contribution in [0.1, 0.15) is 24.6 Å². The average Bonchev–Trinajstić information content (AvgIpc) is 3.34. The van der Waals surface area contributed by atoms with E-state index in [0.29, 0.717) is 23.1 Å². The maximum absolute atomic E-state index is 12.8. The highest BCUT2D eigenvalue weighted by Crippen LogP contribution is 2.40. The average molecular weight is 600 g/mol. The number of nitrogens with zero attached hydrogens (tertiary/aromatic N) is 5. The summed E-state index contributed by atoms with van der Waals surface area (Å²) in [6, 6.07) is 12.3. The van der Waals surface area contributed by atoms with Crippen molar-refractivity contribution >= 4 is 51.6 Å². The van der Waals surface area contributed by atoms with Crippen LogP contribution in [0.3, 0.4) is 0 Å². The van der Waals surface area contributed by atoms with Gasteiger partial charge in [0.1, 0.15) is 5.75 Å². The Hall–Kier alpha value is -4.02. The Bertz CT molecular complexity index is 1650. The zero-order valence-electron chi connectivity index (χ0n) is 25.9. The molecule has 0 bridgehead atoms. The highest BCUT2D eigenvalue weighted by molar-refractivity contribution is 7.98. The zero-order valence-corrected chi connectivity index (χ0v) is 26.7. The summed E-state index contributed by atoms with van der Waals surface area (Å²) in [5, 5.41) is 7.70. The molecule has 4 aromatic rings. The second kappa shape index (κ2) is 13.5. The second-order valence-electron chi connectivity index (χ2n) is 11.0. The molecule has 3 heterocycles. The van der Waals surface area contributed by atoms with E-state index < -0.39 is 0 Å². The van der Waals surface area contributed by atoms with Crippen LogP contribution >= 0.6 is 11.8 Å². The van der Waals surface area contributed by atoms with Crippen molar-refractivity contribution in [3.05, 3.63) is 66.0 Å². The number of carbonyl (C=O) groups excluding carboxylic acids is 1. The van der Waals surface area contributed by atoms with Gasteiger partial charge in [-0.25, -0.2) is 9.97 Å². The fourth-order valence-electron chi connectivity index (χ4n) is 5.28. The number of aromatic nitrogens is 3. The third-order valence-electron chi connectivity index (χ3n) is 7.60. The summed E-state index contributed by atoms with van der Waals surface area (Å²) in [7, 11) is 9.83. The van der Waals surface area contributed by atoms with Gasteiger partial charge in [-0.2, -0.15) is 11.8 Å². The molecule has 1 aliphatic heterocycles. The van der Waals surface area contributed by atoms with Crippen molar-refractivity contribution in [1.82, 2.24) is 19.4 Å². The first-order chi connectivity index (χ1) is 20.8. The number of aryl methyl sites for hydroxylation is 2. The molecule has 5 rings (SSSR count). The van der Waals surface area contributed by atoms with Gasteiger partial charge in [0.15, 0.2) is 0 Å². The smallest absolute Gasteiger partial charge is 0.248 e. The molecule has 226 valence electrons. The summed E-state index contributed by atoms with van der Waals surface area (Å²) in [5.41, 5.74) is 7.69. The van der Waals surface area contributed by atoms with Gasteiger partial charge in [0.05, 0.1) is 35.6 Å². The van der Waals surface area contributed by atoms with Crippen LogP contribution in [-0.4, -0.2) is 72.4 Å². The highest BCUT2D eigenvalue weighted by Gasteiger charge is 2.23. The van der Waals surface area contributed by atoms with Gasteiger partial charge in [0.2, 0.25) is 11.9 Å². The minimum atomic E-state index is -0.180. The molecule has 0 saturated heterocycles. The largest absolute Gasteiger partial charge is 0.494 e. The molecule has 1 amide bonds. The molecular formula is C33H41N7O2S. The third kappa shape index (κ3) is 6.81. The van der Waals surface area contributed by atoms with Gasteiger partial charge < -0.3 is 29.7 Å². The van der Waals surface area contributed by atoms with Crippen molar-refractivity contribution < 1.29 is 9.53 Å². The van der Waals surface area contributed by atoms with Gasteiger partial charge in [-0.05, 0) is 50.9 Å². The SMILES string of the molecule is CC/C=C\C(=O)Nc1cc(Nc2nc3c(c(-c4cn(C)c5ccccc45)n2)CSCC3)c(OC)cc1N(C)CCN(C)C. The Kier molecular flexibility index (Phi) is 9.57. The number of likely N-dealkylation sites (N-methyl/N-ethyl adjacent to an activating group) is 2. The van der Waals surface area contributed by atoms with E-state index in [4.69, 9.17) is 14.7 Å². The topological polar surface area (TPSA) is 87.5 Å². The lowest BCUT2D eigenvalue weighted by Crippen LogP contribution is -2.29. The van der Waals surface area contributed by atoms with Crippen molar-refractivity contribution in [3.8, 4) is 17.0 Å². The molecule has 0 saturated carbocycles. The number of para-hydroxylation sites is 1. The Morgan fingerprint density at radius 1 is 1.14 bits per heavy atom. The van der Waals surface area contributed by atoms with Crippen LogP contribution < -0.4 is 20.3 Å². The molecule has 2 N–H and O–H groups in total. The van der Waals surface area contributed by atoms with Gasteiger partial charge in [-0.1, -0.05) is 31.2 Å². The highest BCUT2D eigenvalue weighted by atomic mass is 32.2. The second-order valence-corrected chi connectivity index (χ2v) is 12.1. The number of allylic oxidation sites excluding steroid dienone is 1. The Balaban J connectivity index is 1.58. The lowest BCUT2D eigenvalue weighted by atomic mass is 10.0. The Labute approximate surface area is 258 Å². The summed E-state index contributed by atoms with van der Waals surface area (Å²) in [6.45, 7) is 3.64. The van der Waals surface area contributed by atoms with Gasteiger partial charge in [0.25, 0.3) is 0 Å². The number of thioether (sulfide) groups is 1. The van der Waals surface area contributed by atoms with Crippen LogP contribution in [0.5, 0.6) is 5.75 Å². The standard InChI is InChI=1S/C33H41N7O2S/c1-7-8-13-31(41)34-26-18-27(30(42-6)19-29(26)39(4)16-15-38(2)3)36-33-35-25-14-17-43-21-24(25)32(37-33)23-20-40(5)28-12-10-9-11-22(23)28/h8-13,18-20H,7,14-17,21H2,1-6H3,(H,34,41)(H,35,36,37)/b13-8-. The molecule has 1 aliphatic rings. The summed E-state index contributed by atoms with van der Waals surface area (Å²) in [4.78, 5) is 27.1. The Morgan fingerprint density at radius 3 is 2.72 bits per heavy atom. The molecule has 0 aliphatic carbocycles. The van der Waals surface area contributed by atoms with E-state index >= 15 is 0 Å². The van der Waals surface area contributed by atoms with Gasteiger partial charge >= 0.3 is 0 Å². The first-order valence-electron chi connectivity index (χ1n) is 14.6. The predicted molar refractivity (Wildman–Crippen MR) is 180 cm³/mol. The Morgan fingerprint density at radius 2 is 1.95 bits per heavy atom. The third-order valence-corrected chi connectivity index (χ3v) is 8.58. The number of benzene rings is 2. The van der Waals surface area contributed by atoms with Crippen molar-refractivity contribution in [2.24, 2.45) is 7.05 Å². The molecule has 43 heavy (non-hydrogen) atoms. The number of rotatable bonds is 11. The van der Waals surface area contributed by atoms with E-state index in [1.807, 2.05) is 58.0 Å². The zero-order chi connectivity index (χ0) is 30.5. The number of fused-ring (bicyclic) bond motifs is 2. The van der Waals surface area contributed by atoms with E-state index in [1.165, 1.54) is 10.9 Å². The maximum Gasteiger partial charge on any atom is 0.248 e. The van der Waals surface area contributed by atoms with Gasteiger partial charge in [-0.3, -0.25) is 4.79 Å². The molecule has 0 radical (unpaired) electrons. The number of nitrogens with one attached hydrogen (secondary N) is 2.